The van der Waals surface area contributed by atoms with Gasteiger partial charge < -0.3 is 5.32 Å². The molecular weight excluding hydrogens is 160 g/mol. The number of hydrogen-bond donors (Lipinski definition) is 1. The Balaban J connectivity index is 1.88. The number of piperidine rings is 2. The highest BCUT2D eigenvalue weighted by Gasteiger charge is 2.26. The van der Waals surface area contributed by atoms with Gasteiger partial charge in [-0.2, -0.15) is 0 Å². The van der Waals surface area contributed by atoms with Crippen LogP contribution in [0.4, 0.5) is 0 Å². The first kappa shape index (κ1) is 9.47. The average molecular weight is 182 g/mol. The lowest BCUT2D eigenvalue weighted by atomic mass is 9.97. The van der Waals surface area contributed by atoms with E-state index in [1.165, 1.54) is 51.7 Å². The molecule has 1 N–H and O–H groups in total. The molecule has 0 aromatic carbocycles. The lowest BCUT2D eigenvalue weighted by Crippen LogP contribution is -2.51. The minimum atomic E-state index is 0.832. The number of hydrogen-bond acceptors (Lipinski definition) is 2. The molecule has 0 aliphatic carbocycles. The standard InChI is InChI=1S/C11H22N2/c1-10-5-2-3-8-13(10)11-6-4-7-12-9-11/h10-12H,2-9H2,1H3/t10-,11+/m1/s1. The summed E-state index contributed by atoms with van der Waals surface area (Å²) in [4.78, 5) is 2.73. The topological polar surface area (TPSA) is 15.3 Å². The molecule has 0 bridgehead atoms. The first-order chi connectivity index (χ1) is 6.38. The molecule has 2 nitrogen and oxygen atoms in total. The predicted molar refractivity (Wildman–Crippen MR) is 55.9 cm³/mol. The van der Waals surface area contributed by atoms with Crippen molar-refractivity contribution in [2.45, 2.75) is 51.1 Å². The van der Waals surface area contributed by atoms with Gasteiger partial charge in [0.2, 0.25) is 0 Å². The van der Waals surface area contributed by atoms with E-state index < -0.39 is 0 Å². The summed E-state index contributed by atoms with van der Waals surface area (Å²) < 4.78 is 0. The van der Waals surface area contributed by atoms with E-state index >= 15 is 0 Å². The molecule has 2 fully saturated rings. The molecule has 2 heterocycles. The van der Waals surface area contributed by atoms with Gasteiger partial charge in [0.15, 0.2) is 0 Å². The molecule has 0 spiro atoms. The summed E-state index contributed by atoms with van der Waals surface area (Å²) in [5, 5.41) is 3.51. The van der Waals surface area contributed by atoms with Gasteiger partial charge in [0.05, 0.1) is 0 Å². The van der Waals surface area contributed by atoms with Crippen LogP contribution in [0.1, 0.15) is 39.0 Å². The minimum absolute atomic E-state index is 0.832. The van der Waals surface area contributed by atoms with Gasteiger partial charge in [0.1, 0.15) is 0 Å². The number of nitrogens with zero attached hydrogens (tertiary/aromatic N) is 1. The van der Waals surface area contributed by atoms with Crippen LogP contribution in [0.5, 0.6) is 0 Å². The third-order valence-electron chi connectivity index (χ3n) is 3.59. The minimum Gasteiger partial charge on any atom is -0.315 e. The SMILES string of the molecule is C[C@@H]1CCCCN1[C@H]1CCCNC1. The molecule has 2 aliphatic rings. The average Bonchev–Trinajstić information content (AvgIpc) is 2.20. The van der Waals surface area contributed by atoms with Crippen molar-refractivity contribution in [2.24, 2.45) is 0 Å². The third kappa shape index (κ3) is 2.23. The van der Waals surface area contributed by atoms with Crippen LogP contribution in [-0.4, -0.2) is 36.6 Å². The molecule has 0 amide bonds. The normalized spacial score (nSPS) is 37.6. The largest absolute Gasteiger partial charge is 0.315 e. The van der Waals surface area contributed by atoms with Crippen molar-refractivity contribution in [3.63, 3.8) is 0 Å². The molecule has 0 aromatic rings. The molecule has 2 aliphatic heterocycles. The Kier molecular flexibility index (Phi) is 3.23. The fourth-order valence-electron chi connectivity index (χ4n) is 2.78. The maximum Gasteiger partial charge on any atom is 0.0223 e. The van der Waals surface area contributed by atoms with E-state index in [2.05, 4.69) is 17.1 Å². The lowest BCUT2D eigenvalue weighted by Gasteiger charge is -2.41. The van der Waals surface area contributed by atoms with Crippen molar-refractivity contribution in [3.8, 4) is 0 Å². The smallest absolute Gasteiger partial charge is 0.0223 e. The van der Waals surface area contributed by atoms with Gasteiger partial charge in [0.25, 0.3) is 0 Å². The van der Waals surface area contributed by atoms with Gasteiger partial charge >= 0.3 is 0 Å². The Morgan fingerprint density at radius 2 is 2.08 bits per heavy atom. The van der Waals surface area contributed by atoms with Crippen LogP contribution in [0.25, 0.3) is 0 Å². The fourth-order valence-corrected chi connectivity index (χ4v) is 2.78. The highest BCUT2D eigenvalue weighted by atomic mass is 15.2. The van der Waals surface area contributed by atoms with E-state index in [1.807, 2.05) is 0 Å². The van der Waals surface area contributed by atoms with Crippen molar-refractivity contribution in [2.75, 3.05) is 19.6 Å². The highest BCUT2D eigenvalue weighted by Crippen LogP contribution is 2.21. The van der Waals surface area contributed by atoms with Gasteiger partial charge in [-0.15, -0.1) is 0 Å². The Hall–Kier alpha value is -0.0800. The van der Waals surface area contributed by atoms with E-state index in [1.54, 1.807) is 0 Å². The van der Waals surface area contributed by atoms with Crippen molar-refractivity contribution >= 4 is 0 Å². The first-order valence-electron chi connectivity index (χ1n) is 5.84. The second-order valence-corrected chi connectivity index (χ2v) is 4.58. The van der Waals surface area contributed by atoms with Crippen LogP contribution in [0.2, 0.25) is 0 Å². The molecule has 2 atom stereocenters. The molecule has 0 saturated carbocycles. The molecule has 13 heavy (non-hydrogen) atoms. The molecule has 0 radical (unpaired) electrons. The Labute approximate surface area is 81.7 Å². The van der Waals surface area contributed by atoms with Gasteiger partial charge in [-0.25, -0.2) is 0 Å². The van der Waals surface area contributed by atoms with Crippen molar-refractivity contribution in [3.05, 3.63) is 0 Å². The highest BCUT2D eigenvalue weighted by molar-refractivity contribution is 4.84. The second kappa shape index (κ2) is 4.43. The van der Waals surface area contributed by atoms with Crippen molar-refractivity contribution in [1.29, 1.82) is 0 Å². The molecule has 0 unspecified atom stereocenters. The zero-order valence-corrected chi connectivity index (χ0v) is 8.76. The molecule has 2 saturated heterocycles. The van der Waals surface area contributed by atoms with E-state index in [0.29, 0.717) is 0 Å². The third-order valence-corrected chi connectivity index (χ3v) is 3.59. The maximum absolute atomic E-state index is 3.51. The zero-order chi connectivity index (χ0) is 9.10. The number of rotatable bonds is 1. The lowest BCUT2D eigenvalue weighted by molar-refractivity contribution is 0.0890. The summed E-state index contributed by atoms with van der Waals surface area (Å²) in [6.45, 7) is 6.20. The van der Waals surface area contributed by atoms with Gasteiger partial charge in [-0.05, 0) is 45.7 Å². The van der Waals surface area contributed by atoms with Crippen LogP contribution < -0.4 is 5.32 Å². The van der Waals surface area contributed by atoms with Gasteiger partial charge in [0, 0.05) is 18.6 Å². The summed E-state index contributed by atoms with van der Waals surface area (Å²) in [6.07, 6.45) is 7.06. The maximum atomic E-state index is 3.51. The predicted octanol–water partition coefficient (Wildman–Crippen LogP) is 1.61. The van der Waals surface area contributed by atoms with E-state index in [-0.39, 0.29) is 0 Å². The summed E-state index contributed by atoms with van der Waals surface area (Å²) in [7, 11) is 0. The molecule has 2 heteroatoms. The monoisotopic (exact) mass is 182 g/mol. The van der Waals surface area contributed by atoms with Crippen LogP contribution in [0, 0.1) is 0 Å². The summed E-state index contributed by atoms with van der Waals surface area (Å²) in [5.41, 5.74) is 0. The summed E-state index contributed by atoms with van der Waals surface area (Å²) in [6, 6.07) is 1.67. The van der Waals surface area contributed by atoms with Crippen LogP contribution in [0.15, 0.2) is 0 Å². The molecule has 76 valence electrons. The molecule has 0 aromatic heterocycles. The Morgan fingerprint density at radius 1 is 1.15 bits per heavy atom. The summed E-state index contributed by atoms with van der Waals surface area (Å²) >= 11 is 0. The second-order valence-electron chi connectivity index (χ2n) is 4.58. The van der Waals surface area contributed by atoms with E-state index in [9.17, 15) is 0 Å². The summed E-state index contributed by atoms with van der Waals surface area (Å²) in [5.74, 6) is 0. The van der Waals surface area contributed by atoms with Gasteiger partial charge in [-0.3, -0.25) is 4.90 Å². The molecular formula is C11H22N2. The van der Waals surface area contributed by atoms with Crippen LogP contribution >= 0.6 is 0 Å². The van der Waals surface area contributed by atoms with Gasteiger partial charge in [-0.1, -0.05) is 6.42 Å². The van der Waals surface area contributed by atoms with Crippen LogP contribution in [0.3, 0.4) is 0 Å². The van der Waals surface area contributed by atoms with E-state index in [4.69, 9.17) is 0 Å². The Morgan fingerprint density at radius 3 is 2.77 bits per heavy atom. The van der Waals surface area contributed by atoms with Crippen LogP contribution in [-0.2, 0) is 0 Å². The van der Waals surface area contributed by atoms with E-state index in [0.717, 1.165) is 12.1 Å². The molecule has 2 rings (SSSR count). The number of likely N-dealkylation sites (tertiary alicyclic amines) is 1. The van der Waals surface area contributed by atoms with Crippen molar-refractivity contribution in [1.82, 2.24) is 10.2 Å². The Bertz CT molecular complexity index is 152. The first-order valence-corrected chi connectivity index (χ1v) is 5.84. The number of nitrogens with one attached hydrogen (secondary N) is 1. The fraction of sp³-hybridized carbons (Fsp3) is 1.00. The van der Waals surface area contributed by atoms with Crippen molar-refractivity contribution < 1.29 is 0 Å². The quantitative estimate of drug-likeness (QED) is 0.663. The zero-order valence-electron chi connectivity index (χ0n) is 8.76.